The fraction of sp³-hybridized carbons (Fsp3) is 0.0667. The molecule has 1 amide bonds. The lowest BCUT2D eigenvalue weighted by Crippen LogP contribution is -2.24. The third-order valence-electron chi connectivity index (χ3n) is 2.63. The molecule has 4 nitrogen and oxygen atoms in total. The monoisotopic (exact) mass is 255 g/mol. The summed E-state index contributed by atoms with van der Waals surface area (Å²) in [5.41, 5.74) is 0.590. The van der Waals surface area contributed by atoms with Gasteiger partial charge in [0.2, 0.25) is 5.91 Å². The van der Waals surface area contributed by atoms with Gasteiger partial charge in [0.1, 0.15) is 5.70 Å². The van der Waals surface area contributed by atoms with Gasteiger partial charge < -0.3 is 10.4 Å². The Bertz CT molecular complexity index is 674. The van der Waals surface area contributed by atoms with Crippen molar-refractivity contribution in [3.05, 3.63) is 53.7 Å². The minimum absolute atomic E-state index is 0.136. The van der Waals surface area contributed by atoms with Crippen molar-refractivity contribution in [2.24, 2.45) is 0 Å². The Morgan fingerprint density at radius 3 is 2.42 bits per heavy atom. The van der Waals surface area contributed by atoms with Gasteiger partial charge in [-0.25, -0.2) is 4.79 Å². The van der Waals surface area contributed by atoms with Crippen LogP contribution in [0.5, 0.6) is 0 Å². The molecule has 0 spiro atoms. The predicted octanol–water partition coefficient (Wildman–Crippen LogP) is 2.40. The molecule has 0 aliphatic heterocycles. The van der Waals surface area contributed by atoms with Crippen LogP contribution in [0.3, 0.4) is 0 Å². The number of amides is 1. The summed E-state index contributed by atoms with van der Waals surface area (Å²) in [7, 11) is 0. The molecular weight excluding hydrogens is 242 g/mol. The van der Waals surface area contributed by atoms with Crippen molar-refractivity contribution in [1.82, 2.24) is 5.32 Å². The van der Waals surface area contributed by atoms with E-state index in [0.717, 1.165) is 16.3 Å². The zero-order valence-corrected chi connectivity index (χ0v) is 10.4. The number of carboxylic acid groups (broad SMARTS) is 1. The Balaban J connectivity index is 2.42. The number of hydrogen-bond donors (Lipinski definition) is 2. The number of hydrogen-bond acceptors (Lipinski definition) is 2. The normalized spacial score (nSPS) is 11.3. The fourth-order valence-corrected chi connectivity index (χ4v) is 1.81. The van der Waals surface area contributed by atoms with E-state index in [-0.39, 0.29) is 5.70 Å². The van der Waals surface area contributed by atoms with Crippen LogP contribution in [0.4, 0.5) is 0 Å². The molecule has 0 bridgehead atoms. The first-order chi connectivity index (χ1) is 9.06. The van der Waals surface area contributed by atoms with Gasteiger partial charge in [-0.3, -0.25) is 4.79 Å². The summed E-state index contributed by atoms with van der Waals surface area (Å²) in [4.78, 5) is 22.0. The molecule has 0 aliphatic carbocycles. The summed E-state index contributed by atoms with van der Waals surface area (Å²) in [5, 5.41) is 13.4. The smallest absolute Gasteiger partial charge is 0.352 e. The van der Waals surface area contributed by atoms with Crippen LogP contribution in [0.2, 0.25) is 0 Å². The number of carboxylic acids is 1. The highest BCUT2D eigenvalue weighted by atomic mass is 16.4. The van der Waals surface area contributed by atoms with E-state index in [0.29, 0.717) is 0 Å². The van der Waals surface area contributed by atoms with E-state index in [1.54, 1.807) is 0 Å². The number of nitrogens with one attached hydrogen (secondary N) is 1. The van der Waals surface area contributed by atoms with Crippen LogP contribution in [0, 0.1) is 0 Å². The third kappa shape index (κ3) is 3.19. The van der Waals surface area contributed by atoms with E-state index in [1.807, 2.05) is 42.5 Å². The van der Waals surface area contributed by atoms with E-state index in [2.05, 4.69) is 5.32 Å². The standard InChI is InChI=1S/C15H13NO3/c1-10(17)16-14(15(18)19)9-11-6-7-12-4-2-3-5-13(12)8-11/h2-9H,1H3,(H,16,17)(H,18,19)/b14-9-. The number of carbonyl (C=O) groups excluding carboxylic acids is 1. The minimum Gasteiger partial charge on any atom is -0.477 e. The Morgan fingerprint density at radius 2 is 1.79 bits per heavy atom. The van der Waals surface area contributed by atoms with Gasteiger partial charge in [-0.1, -0.05) is 36.4 Å². The third-order valence-corrected chi connectivity index (χ3v) is 2.63. The first-order valence-corrected chi connectivity index (χ1v) is 5.77. The highest BCUT2D eigenvalue weighted by Gasteiger charge is 2.08. The lowest BCUT2D eigenvalue weighted by atomic mass is 10.1. The summed E-state index contributed by atoms with van der Waals surface area (Å²) in [6.07, 6.45) is 1.44. The quantitative estimate of drug-likeness (QED) is 0.828. The van der Waals surface area contributed by atoms with E-state index in [4.69, 9.17) is 5.11 Å². The van der Waals surface area contributed by atoms with Crippen molar-refractivity contribution in [3.8, 4) is 0 Å². The van der Waals surface area contributed by atoms with Gasteiger partial charge in [0, 0.05) is 6.92 Å². The average molecular weight is 255 g/mol. The van der Waals surface area contributed by atoms with Gasteiger partial charge in [0.25, 0.3) is 0 Å². The number of carbonyl (C=O) groups is 2. The molecule has 2 aromatic carbocycles. The molecule has 0 atom stereocenters. The maximum absolute atomic E-state index is 11.0. The molecule has 4 heteroatoms. The van der Waals surface area contributed by atoms with E-state index < -0.39 is 11.9 Å². The van der Waals surface area contributed by atoms with Gasteiger partial charge in [0.15, 0.2) is 0 Å². The summed E-state index contributed by atoms with van der Waals surface area (Å²) in [6, 6.07) is 13.4. The van der Waals surface area contributed by atoms with Crippen LogP contribution in [-0.4, -0.2) is 17.0 Å². The van der Waals surface area contributed by atoms with Crippen molar-refractivity contribution < 1.29 is 14.7 Å². The highest BCUT2D eigenvalue weighted by Crippen LogP contribution is 2.17. The van der Waals surface area contributed by atoms with Gasteiger partial charge >= 0.3 is 5.97 Å². The van der Waals surface area contributed by atoms with Gasteiger partial charge in [-0.2, -0.15) is 0 Å². The molecule has 0 aliphatic rings. The van der Waals surface area contributed by atoms with Crippen LogP contribution < -0.4 is 5.32 Å². The molecule has 2 aromatic rings. The zero-order chi connectivity index (χ0) is 13.8. The van der Waals surface area contributed by atoms with Gasteiger partial charge in [-0.05, 0) is 28.5 Å². The Labute approximate surface area is 110 Å². The first kappa shape index (κ1) is 12.8. The molecule has 0 saturated carbocycles. The van der Waals surface area contributed by atoms with Crippen LogP contribution in [0.1, 0.15) is 12.5 Å². The molecule has 0 aromatic heterocycles. The van der Waals surface area contributed by atoms with Crippen molar-refractivity contribution in [1.29, 1.82) is 0 Å². The topological polar surface area (TPSA) is 66.4 Å². The molecule has 0 heterocycles. The Kier molecular flexibility index (Phi) is 3.61. The van der Waals surface area contributed by atoms with E-state index in [9.17, 15) is 9.59 Å². The summed E-state index contributed by atoms with van der Waals surface area (Å²) >= 11 is 0. The van der Waals surface area contributed by atoms with Crippen molar-refractivity contribution in [2.45, 2.75) is 6.92 Å². The predicted molar refractivity (Wildman–Crippen MR) is 73.4 cm³/mol. The Morgan fingerprint density at radius 1 is 1.11 bits per heavy atom. The molecular formula is C15H13NO3. The fourth-order valence-electron chi connectivity index (χ4n) is 1.81. The molecule has 2 N–H and O–H groups in total. The van der Waals surface area contributed by atoms with Crippen molar-refractivity contribution in [2.75, 3.05) is 0 Å². The molecule has 19 heavy (non-hydrogen) atoms. The molecule has 0 radical (unpaired) electrons. The average Bonchev–Trinajstić information content (AvgIpc) is 2.37. The van der Waals surface area contributed by atoms with E-state index in [1.165, 1.54) is 13.0 Å². The Hall–Kier alpha value is -2.62. The zero-order valence-electron chi connectivity index (χ0n) is 10.4. The number of aliphatic carboxylic acids is 1. The molecule has 0 fully saturated rings. The SMILES string of the molecule is CC(=O)N/C(=C\c1ccc2ccccc2c1)C(=O)O. The number of benzene rings is 2. The number of rotatable bonds is 3. The van der Waals surface area contributed by atoms with Crippen LogP contribution in [0.25, 0.3) is 16.8 Å². The minimum atomic E-state index is -1.16. The van der Waals surface area contributed by atoms with Crippen molar-refractivity contribution in [3.63, 3.8) is 0 Å². The lowest BCUT2D eigenvalue weighted by Gasteiger charge is -2.04. The van der Waals surface area contributed by atoms with Gasteiger partial charge in [-0.15, -0.1) is 0 Å². The lowest BCUT2D eigenvalue weighted by molar-refractivity contribution is -0.134. The molecule has 0 saturated heterocycles. The van der Waals surface area contributed by atoms with Crippen LogP contribution in [-0.2, 0) is 9.59 Å². The molecule has 2 rings (SSSR count). The summed E-state index contributed by atoms with van der Waals surface area (Å²) < 4.78 is 0. The largest absolute Gasteiger partial charge is 0.477 e. The van der Waals surface area contributed by atoms with E-state index >= 15 is 0 Å². The van der Waals surface area contributed by atoms with Crippen LogP contribution in [0.15, 0.2) is 48.2 Å². The number of fused-ring (bicyclic) bond motifs is 1. The second kappa shape index (κ2) is 5.35. The second-order valence-electron chi connectivity index (χ2n) is 4.15. The summed E-state index contributed by atoms with van der Waals surface area (Å²) in [5.74, 6) is -1.57. The maximum atomic E-state index is 11.0. The first-order valence-electron chi connectivity index (χ1n) is 5.77. The van der Waals surface area contributed by atoms with Gasteiger partial charge in [0.05, 0.1) is 0 Å². The maximum Gasteiger partial charge on any atom is 0.352 e. The van der Waals surface area contributed by atoms with Crippen molar-refractivity contribution >= 4 is 28.7 Å². The molecule has 96 valence electrons. The van der Waals surface area contributed by atoms with Crippen LogP contribution >= 0.6 is 0 Å². The highest BCUT2D eigenvalue weighted by molar-refractivity contribution is 5.97. The summed E-state index contributed by atoms with van der Waals surface area (Å²) in [6.45, 7) is 1.27. The second-order valence-corrected chi connectivity index (χ2v) is 4.15. The molecule has 0 unspecified atom stereocenters.